The predicted molar refractivity (Wildman–Crippen MR) is 60.0 cm³/mol. The first-order valence-corrected chi connectivity index (χ1v) is 4.86. The lowest BCUT2D eigenvalue weighted by Gasteiger charge is -2.04. The Balaban J connectivity index is 2.90. The third-order valence-corrected chi connectivity index (χ3v) is 2.78. The van der Waals surface area contributed by atoms with Crippen molar-refractivity contribution in [3.8, 4) is 5.75 Å². The molecular weight excluding hydrogens is 214 g/mol. The Bertz CT molecular complexity index is 531. The van der Waals surface area contributed by atoms with Gasteiger partial charge in [-0.1, -0.05) is 11.6 Å². The van der Waals surface area contributed by atoms with Gasteiger partial charge in [0.1, 0.15) is 5.75 Å². The highest BCUT2D eigenvalue weighted by atomic mass is 35.5. The minimum Gasteiger partial charge on any atom is -0.494 e. The Labute approximate surface area is 92.0 Å². The van der Waals surface area contributed by atoms with Gasteiger partial charge in [-0.15, -0.1) is 0 Å². The van der Waals surface area contributed by atoms with Gasteiger partial charge in [-0.3, -0.25) is 4.79 Å². The van der Waals surface area contributed by atoms with Crippen molar-refractivity contribution in [1.82, 2.24) is 4.98 Å². The summed E-state index contributed by atoms with van der Waals surface area (Å²) in [6, 6.07) is 3.58. The van der Waals surface area contributed by atoms with Crippen LogP contribution < -0.4 is 4.74 Å². The number of hydrogen-bond donors (Lipinski definition) is 1. The minimum atomic E-state index is 0.546. The van der Waals surface area contributed by atoms with E-state index in [0.717, 1.165) is 22.8 Å². The molecule has 0 aliphatic rings. The average molecular weight is 224 g/mol. The number of aldehydes is 1. The van der Waals surface area contributed by atoms with Gasteiger partial charge >= 0.3 is 0 Å². The predicted octanol–water partition coefficient (Wildman–Crippen LogP) is 2.95. The zero-order valence-electron chi connectivity index (χ0n) is 8.43. The number of carbonyl (C=O) groups is 1. The first kappa shape index (κ1) is 10.1. The monoisotopic (exact) mass is 223 g/mol. The summed E-state index contributed by atoms with van der Waals surface area (Å²) in [5, 5.41) is 1.41. The SMILES string of the molecule is COc1c(Cl)ccc2[nH]c(C=O)c(C)c12. The van der Waals surface area contributed by atoms with Crippen LogP contribution in [0.5, 0.6) is 5.75 Å². The highest BCUT2D eigenvalue weighted by Crippen LogP contribution is 2.36. The number of nitrogens with one attached hydrogen (secondary N) is 1. The van der Waals surface area contributed by atoms with Crippen LogP contribution in [0.3, 0.4) is 0 Å². The van der Waals surface area contributed by atoms with Gasteiger partial charge in [0.2, 0.25) is 0 Å². The zero-order chi connectivity index (χ0) is 11.0. The highest BCUT2D eigenvalue weighted by molar-refractivity contribution is 6.33. The lowest BCUT2D eigenvalue weighted by Crippen LogP contribution is -1.86. The summed E-state index contributed by atoms with van der Waals surface area (Å²) in [5.74, 6) is 0.607. The Morgan fingerprint density at radius 3 is 2.80 bits per heavy atom. The van der Waals surface area contributed by atoms with Crippen LogP contribution in [-0.2, 0) is 0 Å². The Hall–Kier alpha value is -1.48. The van der Waals surface area contributed by atoms with Gasteiger partial charge in [-0.25, -0.2) is 0 Å². The number of rotatable bonds is 2. The van der Waals surface area contributed by atoms with Crippen LogP contribution in [0.1, 0.15) is 16.1 Å². The molecule has 0 atom stereocenters. The van der Waals surface area contributed by atoms with E-state index < -0.39 is 0 Å². The van der Waals surface area contributed by atoms with Crippen molar-refractivity contribution < 1.29 is 9.53 Å². The van der Waals surface area contributed by atoms with Crippen molar-refractivity contribution in [2.24, 2.45) is 0 Å². The molecule has 0 amide bonds. The summed E-state index contributed by atoms with van der Waals surface area (Å²) < 4.78 is 5.23. The van der Waals surface area contributed by atoms with Gasteiger partial charge in [0.15, 0.2) is 6.29 Å². The topological polar surface area (TPSA) is 42.1 Å². The van der Waals surface area contributed by atoms with Gasteiger partial charge in [0.25, 0.3) is 0 Å². The normalized spacial score (nSPS) is 10.6. The number of aromatic amines is 1. The molecule has 0 aliphatic heterocycles. The molecule has 1 heterocycles. The second kappa shape index (κ2) is 3.59. The van der Waals surface area contributed by atoms with E-state index in [2.05, 4.69) is 4.98 Å². The standard InChI is InChI=1S/C11H10ClNO2/c1-6-9(5-14)13-8-4-3-7(12)11(15-2)10(6)8/h3-5,13H,1-2H3. The number of fused-ring (bicyclic) bond motifs is 1. The molecular formula is C11H10ClNO2. The summed E-state index contributed by atoms with van der Waals surface area (Å²) in [5.41, 5.74) is 2.28. The molecule has 0 saturated heterocycles. The van der Waals surface area contributed by atoms with Crippen LogP contribution in [0.25, 0.3) is 10.9 Å². The van der Waals surface area contributed by atoms with E-state index in [-0.39, 0.29) is 0 Å². The zero-order valence-corrected chi connectivity index (χ0v) is 9.18. The van der Waals surface area contributed by atoms with Crippen LogP contribution in [0.15, 0.2) is 12.1 Å². The summed E-state index contributed by atoms with van der Waals surface area (Å²) in [7, 11) is 1.56. The number of aromatic nitrogens is 1. The lowest BCUT2D eigenvalue weighted by atomic mass is 10.1. The van der Waals surface area contributed by atoms with E-state index >= 15 is 0 Å². The highest BCUT2D eigenvalue weighted by Gasteiger charge is 2.13. The van der Waals surface area contributed by atoms with E-state index in [4.69, 9.17) is 16.3 Å². The number of H-pyrrole nitrogens is 1. The second-order valence-corrected chi connectivity index (χ2v) is 3.69. The Morgan fingerprint density at radius 1 is 1.47 bits per heavy atom. The molecule has 3 nitrogen and oxygen atoms in total. The van der Waals surface area contributed by atoms with Crippen LogP contribution in [-0.4, -0.2) is 18.4 Å². The maximum absolute atomic E-state index is 10.8. The molecule has 1 N–H and O–H groups in total. The second-order valence-electron chi connectivity index (χ2n) is 3.28. The van der Waals surface area contributed by atoms with Crippen molar-refractivity contribution >= 4 is 28.8 Å². The quantitative estimate of drug-likeness (QED) is 0.796. The van der Waals surface area contributed by atoms with Crippen molar-refractivity contribution in [1.29, 1.82) is 0 Å². The number of methoxy groups -OCH3 is 1. The Morgan fingerprint density at radius 2 is 2.20 bits per heavy atom. The molecule has 0 aliphatic carbocycles. The fourth-order valence-corrected chi connectivity index (χ4v) is 1.96. The number of benzene rings is 1. The van der Waals surface area contributed by atoms with Gasteiger partial charge < -0.3 is 9.72 Å². The minimum absolute atomic E-state index is 0.546. The maximum atomic E-state index is 10.8. The van der Waals surface area contributed by atoms with Crippen molar-refractivity contribution in [3.05, 3.63) is 28.4 Å². The molecule has 1 aromatic carbocycles. The molecule has 0 fully saturated rings. The van der Waals surface area contributed by atoms with Crippen LogP contribution >= 0.6 is 11.6 Å². The molecule has 0 unspecified atom stereocenters. The van der Waals surface area contributed by atoms with E-state index in [1.54, 1.807) is 13.2 Å². The van der Waals surface area contributed by atoms with Crippen LogP contribution in [0, 0.1) is 6.92 Å². The first-order valence-electron chi connectivity index (χ1n) is 4.49. The third kappa shape index (κ3) is 1.39. The molecule has 2 aromatic rings. The fourth-order valence-electron chi connectivity index (χ4n) is 1.72. The first-order chi connectivity index (χ1) is 7.19. The number of ether oxygens (including phenoxy) is 1. The van der Waals surface area contributed by atoms with E-state index in [1.807, 2.05) is 13.0 Å². The molecule has 0 saturated carbocycles. The van der Waals surface area contributed by atoms with Gasteiger partial charge in [-0.2, -0.15) is 0 Å². The molecule has 0 spiro atoms. The van der Waals surface area contributed by atoms with E-state index in [1.165, 1.54) is 0 Å². The third-order valence-electron chi connectivity index (χ3n) is 2.48. The number of halogens is 1. The summed E-state index contributed by atoms with van der Waals surface area (Å²) in [4.78, 5) is 13.8. The lowest BCUT2D eigenvalue weighted by molar-refractivity contribution is 0.111. The molecule has 1 aromatic heterocycles. The maximum Gasteiger partial charge on any atom is 0.166 e. The Kier molecular flexibility index (Phi) is 2.40. The van der Waals surface area contributed by atoms with E-state index in [9.17, 15) is 4.79 Å². The van der Waals surface area contributed by atoms with Crippen LogP contribution in [0.2, 0.25) is 5.02 Å². The molecule has 4 heteroatoms. The fraction of sp³-hybridized carbons (Fsp3) is 0.182. The molecule has 15 heavy (non-hydrogen) atoms. The number of aryl methyl sites for hydroxylation is 1. The van der Waals surface area contributed by atoms with E-state index in [0.29, 0.717) is 16.5 Å². The van der Waals surface area contributed by atoms with Crippen LogP contribution in [0.4, 0.5) is 0 Å². The number of hydrogen-bond acceptors (Lipinski definition) is 2. The molecule has 0 bridgehead atoms. The van der Waals surface area contributed by atoms with Crippen molar-refractivity contribution in [2.75, 3.05) is 7.11 Å². The average Bonchev–Trinajstić information content (AvgIpc) is 2.56. The van der Waals surface area contributed by atoms with Gasteiger partial charge in [0.05, 0.1) is 23.3 Å². The van der Waals surface area contributed by atoms with Gasteiger partial charge in [-0.05, 0) is 24.6 Å². The largest absolute Gasteiger partial charge is 0.494 e. The number of carbonyl (C=O) groups excluding carboxylic acids is 1. The molecule has 0 radical (unpaired) electrons. The smallest absolute Gasteiger partial charge is 0.166 e. The summed E-state index contributed by atoms with van der Waals surface area (Å²) in [6.45, 7) is 1.86. The van der Waals surface area contributed by atoms with Crippen molar-refractivity contribution in [2.45, 2.75) is 6.92 Å². The molecule has 78 valence electrons. The molecule has 2 rings (SSSR count). The summed E-state index contributed by atoms with van der Waals surface area (Å²) in [6.07, 6.45) is 0.794. The van der Waals surface area contributed by atoms with Gasteiger partial charge in [0, 0.05) is 5.39 Å². The van der Waals surface area contributed by atoms with Crippen molar-refractivity contribution in [3.63, 3.8) is 0 Å². The summed E-state index contributed by atoms with van der Waals surface area (Å²) >= 11 is 6.00.